The van der Waals surface area contributed by atoms with E-state index in [1.807, 2.05) is 6.92 Å². The van der Waals surface area contributed by atoms with Gasteiger partial charge in [-0.1, -0.05) is 15.9 Å². The largest absolute Gasteiger partial charge is 0.396 e. The van der Waals surface area contributed by atoms with E-state index in [4.69, 9.17) is 5.11 Å². The van der Waals surface area contributed by atoms with Crippen LogP contribution in [0.3, 0.4) is 0 Å². The number of halogens is 1. The Morgan fingerprint density at radius 3 is 2.73 bits per heavy atom. The number of alkyl halides is 1. The molecule has 1 N–H and O–H groups in total. The minimum atomic E-state index is -0.0952. The predicted molar refractivity (Wildman–Crippen MR) is 45.5 cm³/mol. The number of nitrogens with zero attached hydrogens (tertiary/aromatic N) is 1. The number of aliphatic hydroxyl groups is 1. The Kier molecular flexibility index (Phi) is 2.90. The topological polar surface area (TPSA) is 40.5 Å². The lowest BCUT2D eigenvalue weighted by Crippen LogP contribution is -2.53. The first-order valence-electron chi connectivity index (χ1n) is 3.69. The van der Waals surface area contributed by atoms with Crippen molar-refractivity contribution in [2.24, 2.45) is 5.92 Å². The molecule has 0 saturated carbocycles. The Bertz CT molecular complexity index is 155. The summed E-state index contributed by atoms with van der Waals surface area (Å²) >= 11 is 3.20. The lowest BCUT2D eigenvalue weighted by molar-refractivity contribution is -0.137. The zero-order valence-corrected chi connectivity index (χ0v) is 8.04. The number of amides is 1. The summed E-state index contributed by atoms with van der Waals surface area (Å²) in [6.07, 6.45) is 0. The third-order valence-corrected chi connectivity index (χ3v) is 2.26. The van der Waals surface area contributed by atoms with E-state index in [0.717, 1.165) is 0 Å². The molecule has 0 aliphatic carbocycles. The summed E-state index contributed by atoms with van der Waals surface area (Å²) in [6, 6.07) is 0. The smallest absolute Gasteiger partial charge is 0.236 e. The molecule has 3 nitrogen and oxygen atoms in total. The van der Waals surface area contributed by atoms with Gasteiger partial charge in [-0.2, -0.15) is 0 Å². The number of hydrogen-bond donors (Lipinski definition) is 1. The van der Waals surface area contributed by atoms with E-state index in [-0.39, 0.29) is 17.3 Å². The van der Waals surface area contributed by atoms with Crippen LogP contribution >= 0.6 is 15.9 Å². The van der Waals surface area contributed by atoms with Crippen molar-refractivity contribution >= 4 is 21.8 Å². The van der Waals surface area contributed by atoms with Crippen LogP contribution in [-0.2, 0) is 4.79 Å². The van der Waals surface area contributed by atoms with Crippen LogP contribution in [0, 0.1) is 5.92 Å². The Balaban J connectivity index is 2.27. The SMILES string of the molecule is CC(Br)C(=O)N1CC(CO)C1. The van der Waals surface area contributed by atoms with Crippen molar-refractivity contribution in [3.63, 3.8) is 0 Å². The first-order valence-corrected chi connectivity index (χ1v) is 4.60. The first-order chi connectivity index (χ1) is 5.15. The van der Waals surface area contributed by atoms with E-state index in [2.05, 4.69) is 15.9 Å². The molecule has 1 saturated heterocycles. The van der Waals surface area contributed by atoms with Gasteiger partial charge in [-0.25, -0.2) is 0 Å². The van der Waals surface area contributed by atoms with Crippen LogP contribution in [0.1, 0.15) is 6.92 Å². The van der Waals surface area contributed by atoms with Gasteiger partial charge in [0.25, 0.3) is 0 Å². The molecular formula is C7H12BrNO2. The van der Waals surface area contributed by atoms with Crippen molar-refractivity contribution in [1.29, 1.82) is 0 Å². The fourth-order valence-corrected chi connectivity index (χ4v) is 1.41. The van der Waals surface area contributed by atoms with Gasteiger partial charge in [0.1, 0.15) is 0 Å². The molecule has 1 rings (SSSR count). The first kappa shape index (κ1) is 9.00. The second kappa shape index (κ2) is 3.54. The van der Waals surface area contributed by atoms with Gasteiger partial charge in [-0.3, -0.25) is 4.79 Å². The van der Waals surface area contributed by atoms with Crippen molar-refractivity contribution in [1.82, 2.24) is 4.90 Å². The maximum absolute atomic E-state index is 11.2. The number of carbonyl (C=O) groups is 1. The fourth-order valence-electron chi connectivity index (χ4n) is 1.12. The molecule has 0 radical (unpaired) electrons. The van der Waals surface area contributed by atoms with E-state index >= 15 is 0 Å². The third-order valence-electron chi connectivity index (χ3n) is 1.87. The Morgan fingerprint density at radius 2 is 2.36 bits per heavy atom. The molecule has 4 heteroatoms. The van der Waals surface area contributed by atoms with Crippen LogP contribution < -0.4 is 0 Å². The van der Waals surface area contributed by atoms with Gasteiger partial charge in [0.2, 0.25) is 5.91 Å². The molecule has 1 amide bonds. The number of rotatable bonds is 2. The molecule has 0 bridgehead atoms. The zero-order chi connectivity index (χ0) is 8.43. The standard InChI is InChI=1S/C7H12BrNO2/c1-5(8)7(11)9-2-6(3-9)4-10/h5-6,10H,2-4H2,1H3. The second-order valence-corrected chi connectivity index (χ2v) is 4.28. The molecule has 1 aliphatic heterocycles. The Labute approximate surface area is 74.5 Å². The van der Waals surface area contributed by atoms with Gasteiger partial charge < -0.3 is 10.0 Å². The Hall–Kier alpha value is -0.0900. The lowest BCUT2D eigenvalue weighted by atomic mass is 10.0. The molecule has 0 aromatic rings. The van der Waals surface area contributed by atoms with Gasteiger partial charge in [0.15, 0.2) is 0 Å². The summed E-state index contributed by atoms with van der Waals surface area (Å²) in [7, 11) is 0. The molecule has 11 heavy (non-hydrogen) atoms. The van der Waals surface area contributed by atoms with E-state index < -0.39 is 0 Å². The summed E-state index contributed by atoms with van der Waals surface area (Å²) in [4.78, 5) is 12.8. The number of carbonyl (C=O) groups excluding carboxylic acids is 1. The number of likely N-dealkylation sites (tertiary alicyclic amines) is 1. The molecule has 1 fully saturated rings. The van der Waals surface area contributed by atoms with Crippen molar-refractivity contribution in [3.8, 4) is 0 Å². The average molecular weight is 222 g/mol. The monoisotopic (exact) mass is 221 g/mol. The fraction of sp³-hybridized carbons (Fsp3) is 0.857. The zero-order valence-electron chi connectivity index (χ0n) is 6.46. The van der Waals surface area contributed by atoms with Crippen LogP contribution in [0.5, 0.6) is 0 Å². The minimum absolute atomic E-state index is 0.0952. The van der Waals surface area contributed by atoms with E-state index in [1.165, 1.54) is 0 Å². The van der Waals surface area contributed by atoms with Crippen LogP contribution in [0.15, 0.2) is 0 Å². The summed E-state index contributed by atoms with van der Waals surface area (Å²) in [5.41, 5.74) is 0. The molecule has 0 spiro atoms. The van der Waals surface area contributed by atoms with Gasteiger partial charge in [0, 0.05) is 25.6 Å². The maximum Gasteiger partial charge on any atom is 0.236 e. The van der Waals surface area contributed by atoms with Crippen molar-refractivity contribution in [2.75, 3.05) is 19.7 Å². The highest BCUT2D eigenvalue weighted by Crippen LogP contribution is 2.17. The van der Waals surface area contributed by atoms with Crippen molar-refractivity contribution in [2.45, 2.75) is 11.8 Å². The summed E-state index contributed by atoms with van der Waals surface area (Å²) < 4.78 is 0. The molecule has 1 atom stereocenters. The number of hydrogen-bond acceptors (Lipinski definition) is 2. The highest BCUT2D eigenvalue weighted by molar-refractivity contribution is 9.10. The molecule has 1 aliphatic rings. The highest BCUT2D eigenvalue weighted by atomic mass is 79.9. The van der Waals surface area contributed by atoms with Crippen LogP contribution in [0.25, 0.3) is 0 Å². The minimum Gasteiger partial charge on any atom is -0.396 e. The summed E-state index contributed by atoms with van der Waals surface area (Å²) in [6.45, 7) is 3.44. The predicted octanol–water partition coefficient (Wildman–Crippen LogP) is 0.220. The molecule has 0 aromatic carbocycles. The number of aliphatic hydroxyl groups excluding tert-OH is 1. The van der Waals surface area contributed by atoms with Crippen molar-refractivity contribution in [3.05, 3.63) is 0 Å². The van der Waals surface area contributed by atoms with Crippen LogP contribution in [0.4, 0.5) is 0 Å². The van der Waals surface area contributed by atoms with E-state index in [1.54, 1.807) is 4.90 Å². The molecule has 0 aromatic heterocycles. The van der Waals surface area contributed by atoms with Gasteiger partial charge >= 0.3 is 0 Å². The average Bonchev–Trinajstić information content (AvgIpc) is 1.85. The van der Waals surface area contributed by atoms with Gasteiger partial charge in [-0.15, -0.1) is 0 Å². The van der Waals surface area contributed by atoms with E-state index in [9.17, 15) is 4.79 Å². The van der Waals surface area contributed by atoms with Crippen LogP contribution in [0.2, 0.25) is 0 Å². The molecule has 64 valence electrons. The second-order valence-electron chi connectivity index (χ2n) is 2.91. The lowest BCUT2D eigenvalue weighted by Gasteiger charge is -2.38. The molecule has 1 heterocycles. The normalized spacial score (nSPS) is 21.2. The van der Waals surface area contributed by atoms with Gasteiger partial charge in [0.05, 0.1) is 4.83 Å². The molecular weight excluding hydrogens is 210 g/mol. The van der Waals surface area contributed by atoms with Crippen molar-refractivity contribution < 1.29 is 9.90 Å². The van der Waals surface area contributed by atoms with Crippen LogP contribution in [-0.4, -0.2) is 40.4 Å². The summed E-state index contributed by atoms with van der Waals surface area (Å²) in [5.74, 6) is 0.430. The Morgan fingerprint density at radius 1 is 1.82 bits per heavy atom. The van der Waals surface area contributed by atoms with Gasteiger partial charge in [-0.05, 0) is 6.92 Å². The maximum atomic E-state index is 11.2. The van der Waals surface area contributed by atoms with E-state index in [0.29, 0.717) is 19.0 Å². The molecule has 1 unspecified atom stereocenters. The highest BCUT2D eigenvalue weighted by Gasteiger charge is 2.31. The quantitative estimate of drug-likeness (QED) is 0.679. The third kappa shape index (κ3) is 1.93. The summed E-state index contributed by atoms with van der Waals surface area (Å²) in [5, 5.41) is 8.67.